The fourth-order valence-corrected chi connectivity index (χ4v) is 13.0. The second kappa shape index (κ2) is 59.4. The lowest BCUT2D eigenvalue weighted by atomic mass is 9.51. The van der Waals surface area contributed by atoms with Crippen LogP contribution in [0.15, 0.2) is 12.2 Å². The number of Topliss-reactive ketones (excluding diaryl/α,β-unsaturated/α-hetero) is 3. The van der Waals surface area contributed by atoms with Crippen LogP contribution in [-0.4, -0.2) is 28.4 Å². The first-order valence-electron chi connectivity index (χ1n) is 36.2. The van der Waals surface area contributed by atoms with Gasteiger partial charge in [0.25, 0.3) is 0 Å². The van der Waals surface area contributed by atoms with Crippen LogP contribution in [0.5, 0.6) is 0 Å². The zero-order valence-electron chi connectivity index (χ0n) is 54.4. The van der Waals surface area contributed by atoms with Gasteiger partial charge in [0.05, 0.1) is 5.41 Å². The molecule has 0 bridgehead atoms. The Morgan fingerprint density at radius 2 is 0.443 bits per heavy atom. The Kier molecular flexibility index (Phi) is 58.0. The molecule has 0 saturated carbocycles. The van der Waals surface area contributed by atoms with Crippen molar-refractivity contribution in [2.45, 2.75) is 426 Å². The van der Waals surface area contributed by atoms with Gasteiger partial charge in [-0.25, -0.2) is 0 Å². The zero-order chi connectivity index (χ0) is 57.9. The smallest absolute Gasteiger partial charge is 0.325 e. The minimum absolute atomic E-state index is 0.0709. The molecule has 1 atom stereocenters. The summed E-state index contributed by atoms with van der Waals surface area (Å²) in [6.07, 6.45) is 70.3. The molecule has 0 aliphatic carbocycles. The van der Waals surface area contributed by atoms with Crippen molar-refractivity contribution in [3.63, 3.8) is 0 Å². The summed E-state index contributed by atoms with van der Waals surface area (Å²) in [4.78, 5) is 61.3. The SMILES string of the molecule is CCCCCCCC/C=C\CCCCCC(CCCCCCCCCCCCCCCCCC)(C(=O)CCCCCCCCCCCCC)C(C(=O)O)(C(=O)CCCCCCCCCCC)C(=O)CCCCCCCCCCC. The molecule has 5 nitrogen and oxygen atoms in total. The monoisotopic (exact) mass is 1110 g/mol. The molecule has 0 heterocycles. The number of carboxylic acids is 1. The number of carbonyl (C=O) groups excluding carboxylic acids is 3. The van der Waals surface area contributed by atoms with E-state index in [9.17, 15) is 9.90 Å². The second-order valence-corrected chi connectivity index (χ2v) is 25.5. The molecule has 1 unspecified atom stereocenters. The van der Waals surface area contributed by atoms with Gasteiger partial charge in [-0.3, -0.25) is 19.2 Å². The molecule has 0 rings (SSSR count). The van der Waals surface area contributed by atoms with E-state index in [4.69, 9.17) is 0 Å². The van der Waals surface area contributed by atoms with E-state index in [2.05, 4.69) is 46.8 Å². The standard InChI is InChI=1S/C74H140O5/c1-6-11-16-21-26-31-34-36-37-38-40-43-48-53-58-63-68-73(67-62-57-52-47-42-39-35-32-27-22-17-12-7-2,69(75)64-59-54-49-46-41-33-28-23-18-13-8-3)74(72(78)79,70(76)65-60-55-50-44-29-24-19-14-9-4)71(77)66-61-56-51-45-30-25-20-15-10-5/h39,42H,6-38,40-41,43-68H2,1-5H3,(H,78,79)/b42-39-. The van der Waals surface area contributed by atoms with E-state index in [1.165, 1.54) is 225 Å². The van der Waals surface area contributed by atoms with Gasteiger partial charge >= 0.3 is 5.97 Å². The van der Waals surface area contributed by atoms with E-state index in [1.54, 1.807) is 0 Å². The van der Waals surface area contributed by atoms with Crippen LogP contribution >= 0.6 is 0 Å². The van der Waals surface area contributed by atoms with Gasteiger partial charge in [0.2, 0.25) is 0 Å². The first kappa shape index (κ1) is 77.2. The van der Waals surface area contributed by atoms with Crippen molar-refractivity contribution >= 4 is 23.3 Å². The highest BCUT2D eigenvalue weighted by Gasteiger charge is 2.67. The molecule has 0 fully saturated rings. The molecule has 0 spiro atoms. The van der Waals surface area contributed by atoms with E-state index >= 15 is 14.4 Å². The molecule has 5 heteroatoms. The summed E-state index contributed by atoms with van der Waals surface area (Å²) < 4.78 is 0. The Hall–Kier alpha value is -1.78. The number of unbranched alkanes of at least 4 members (excludes halogenated alkanes) is 50. The number of carboxylic acid groups (broad SMARTS) is 1. The lowest BCUT2D eigenvalue weighted by Gasteiger charge is -2.46. The second-order valence-electron chi connectivity index (χ2n) is 25.5. The van der Waals surface area contributed by atoms with Crippen LogP contribution in [0.3, 0.4) is 0 Å². The molecule has 466 valence electrons. The van der Waals surface area contributed by atoms with E-state index in [1.807, 2.05) is 0 Å². The van der Waals surface area contributed by atoms with Crippen LogP contribution in [0, 0.1) is 10.8 Å². The maximum absolute atomic E-state index is 15.7. The summed E-state index contributed by atoms with van der Waals surface area (Å²) >= 11 is 0. The van der Waals surface area contributed by atoms with Crippen LogP contribution in [0.1, 0.15) is 426 Å². The number of carbonyl (C=O) groups is 4. The van der Waals surface area contributed by atoms with Crippen LogP contribution in [0.2, 0.25) is 0 Å². The molecule has 79 heavy (non-hydrogen) atoms. The average molecular weight is 1110 g/mol. The summed E-state index contributed by atoms with van der Waals surface area (Å²) in [6.45, 7) is 11.3. The van der Waals surface area contributed by atoms with Crippen LogP contribution < -0.4 is 0 Å². The molecular formula is C74H140O5. The van der Waals surface area contributed by atoms with Gasteiger partial charge < -0.3 is 5.11 Å². The Bertz CT molecular complexity index is 1330. The molecular weight excluding hydrogens is 969 g/mol. The summed E-state index contributed by atoms with van der Waals surface area (Å²) in [6, 6.07) is 0. The molecule has 0 aliphatic heterocycles. The van der Waals surface area contributed by atoms with Crippen LogP contribution in [-0.2, 0) is 19.2 Å². The summed E-state index contributed by atoms with van der Waals surface area (Å²) in [5.41, 5.74) is -3.84. The van der Waals surface area contributed by atoms with Gasteiger partial charge in [-0.05, 0) is 57.8 Å². The number of allylic oxidation sites excluding steroid dienone is 2. The molecule has 0 aliphatic rings. The predicted molar refractivity (Wildman–Crippen MR) is 347 cm³/mol. The fraction of sp³-hybridized carbons (Fsp3) is 0.919. The van der Waals surface area contributed by atoms with Gasteiger partial charge in [0.1, 0.15) is 5.78 Å². The van der Waals surface area contributed by atoms with Crippen LogP contribution in [0.25, 0.3) is 0 Å². The lowest BCUT2D eigenvalue weighted by Crippen LogP contribution is -2.61. The Balaban J connectivity index is 6.71. The van der Waals surface area contributed by atoms with Gasteiger partial charge in [0.15, 0.2) is 17.0 Å². The summed E-state index contributed by atoms with van der Waals surface area (Å²) in [5.74, 6) is -2.32. The van der Waals surface area contributed by atoms with Gasteiger partial charge in [0, 0.05) is 19.3 Å². The Labute approximate surface area is 494 Å². The molecule has 1 N–H and O–H groups in total. The largest absolute Gasteiger partial charge is 0.480 e. The molecule has 0 radical (unpaired) electrons. The van der Waals surface area contributed by atoms with E-state index < -0.39 is 28.4 Å². The summed E-state index contributed by atoms with van der Waals surface area (Å²) in [7, 11) is 0. The van der Waals surface area contributed by atoms with Crippen molar-refractivity contribution in [3.8, 4) is 0 Å². The van der Waals surface area contributed by atoms with Gasteiger partial charge in [-0.15, -0.1) is 0 Å². The molecule has 0 aromatic heterocycles. The minimum Gasteiger partial charge on any atom is -0.480 e. The van der Waals surface area contributed by atoms with Crippen molar-refractivity contribution in [1.82, 2.24) is 0 Å². The molecule has 0 aromatic rings. The highest BCUT2D eigenvalue weighted by molar-refractivity contribution is 6.25. The zero-order valence-corrected chi connectivity index (χ0v) is 54.4. The maximum Gasteiger partial charge on any atom is 0.325 e. The van der Waals surface area contributed by atoms with Crippen LogP contribution in [0.4, 0.5) is 0 Å². The third-order valence-electron chi connectivity index (χ3n) is 18.3. The lowest BCUT2D eigenvalue weighted by molar-refractivity contribution is -0.176. The number of hydrogen-bond acceptors (Lipinski definition) is 4. The Morgan fingerprint density at radius 1 is 0.253 bits per heavy atom. The number of hydrogen-bond donors (Lipinski definition) is 1. The highest BCUT2D eigenvalue weighted by atomic mass is 16.4. The molecule has 0 saturated heterocycles. The highest BCUT2D eigenvalue weighted by Crippen LogP contribution is 2.53. The van der Waals surface area contributed by atoms with E-state index in [0.29, 0.717) is 44.9 Å². The summed E-state index contributed by atoms with van der Waals surface area (Å²) in [5, 5.41) is 11.9. The van der Waals surface area contributed by atoms with Crippen molar-refractivity contribution in [3.05, 3.63) is 12.2 Å². The fourth-order valence-electron chi connectivity index (χ4n) is 13.0. The normalized spacial score (nSPS) is 12.7. The van der Waals surface area contributed by atoms with Gasteiger partial charge in [-0.1, -0.05) is 361 Å². The topological polar surface area (TPSA) is 88.5 Å². The predicted octanol–water partition coefficient (Wildman–Crippen LogP) is 25.2. The van der Waals surface area contributed by atoms with Crippen molar-refractivity contribution in [1.29, 1.82) is 0 Å². The number of aliphatic carboxylic acids is 1. The third kappa shape index (κ3) is 41.0. The minimum atomic E-state index is -2.32. The van der Waals surface area contributed by atoms with Crippen molar-refractivity contribution in [2.24, 2.45) is 10.8 Å². The third-order valence-corrected chi connectivity index (χ3v) is 18.3. The number of rotatable bonds is 67. The molecule has 0 aromatic carbocycles. The van der Waals surface area contributed by atoms with E-state index in [0.717, 1.165) is 103 Å². The Morgan fingerprint density at radius 3 is 0.684 bits per heavy atom. The van der Waals surface area contributed by atoms with Crippen molar-refractivity contribution in [2.75, 3.05) is 0 Å². The number of ketones is 3. The quantitative estimate of drug-likeness (QED) is 0.0372. The van der Waals surface area contributed by atoms with Gasteiger partial charge in [-0.2, -0.15) is 0 Å². The first-order valence-corrected chi connectivity index (χ1v) is 36.2. The molecule has 0 amide bonds. The van der Waals surface area contributed by atoms with E-state index in [-0.39, 0.29) is 25.0 Å². The van der Waals surface area contributed by atoms with Crippen molar-refractivity contribution < 1.29 is 24.3 Å². The maximum atomic E-state index is 15.7. The first-order chi connectivity index (χ1) is 38.8. The average Bonchev–Trinajstić information content (AvgIpc) is 3.52.